The fourth-order valence-electron chi connectivity index (χ4n) is 2.21. The van der Waals surface area contributed by atoms with Crippen LogP contribution in [0.4, 0.5) is 11.4 Å². The maximum absolute atomic E-state index is 12.3. The Bertz CT molecular complexity index is 858. The van der Waals surface area contributed by atoms with E-state index in [9.17, 15) is 9.59 Å². The van der Waals surface area contributed by atoms with Crippen molar-refractivity contribution in [2.75, 3.05) is 10.6 Å². The molecule has 6 heteroatoms. The van der Waals surface area contributed by atoms with Crippen LogP contribution in [0.1, 0.15) is 17.3 Å². The predicted octanol–water partition coefficient (Wildman–Crippen LogP) is 4.02. The molecule has 0 saturated heterocycles. The van der Waals surface area contributed by atoms with Gasteiger partial charge in [0.2, 0.25) is 5.91 Å². The second kappa shape index (κ2) is 7.06. The summed E-state index contributed by atoms with van der Waals surface area (Å²) in [7, 11) is 0. The highest BCUT2D eigenvalue weighted by Gasteiger charge is 2.08. The minimum Gasteiger partial charge on any atom is -0.326 e. The van der Waals surface area contributed by atoms with Crippen molar-refractivity contribution in [2.24, 2.45) is 0 Å². The lowest BCUT2D eigenvalue weighted by atomic mass is 10.1. The van der Waals surface area contributed by atoms with Gasteiger partial charge in [0.05, 0.1) is 0 Å². The van der Waals surface area contributed by atoms with Crippen molar-refractivity contribution in [2.45, 2.75) is 6.92 Å². The van der Waals surface area contributed by atoms with Crippen LogP contribution in [0.2, 0.25) is 0 Å². The number of nitrogens with one attached hydrogen (secondary N) is 2. The van der Waals surface area contributed by atoms with E-state index in [2.05, 4.69) is 15.6 Å². The average molecular weight is 337 g/mol. The van der Waals surface area contributed by atoms with Crippen molar-refractivity contribution in [3.05, 3.63) is 65.7 Å². The van der Waals surface area contributed by atoms with E-state index in [0.29, 0.717) is 16.9 Å². The average Bonchev–Trinajstić information content (AvgIpc) is 3.09. The Kier molecular flexibility index (Phi) is 4.67. The topological polar surface area (TPSA) is 71.1 Å². The molecule has 5 nitrogen and oxygen atoms in total. The Morgan fingerprint density at radius 3 is 2.46 bits per heavy atom. The summed E-state index contributed by atoms with van der Waals surface area (Å²) < 4.78 is 0. The third-order valence-corrected chi connectivity index (χ3v) is 4.09. The maximum atomic E-state index is 12.3. The lowest BCUT2D eigenvalue weighted by molar-refractivity contribution is -0.114. The molecule has 0 fully saturated rings. The van der Waals surface area contributed by atoms with Crippen molar-refractivity contribution in [1.82, 2.24) is 4.98 Å². The van der Waals surface area contributed by atoms with Crippen LogP contribution in [-0.4, -0.2) is 16.8 Å². The summed E-state index contributed by atoms with van der Waals surface area (Å²) in [5.41, 5.74) is 2.78. The molecular formula is C18H15N3O2S. The van der Waals surface area contributed by atoms with E-state index in [1.807, 2.05) is 29.6 Å². The largest absolute Gasteiger partial charge is 0.326 e. The number of rotatable bonds is 4. The van der Waals surface area contributed by atoms with E-state index in [1.165, 1.54) is 6.92 Å². The van der Waals surface area contributed by atoms with Crippen LogP contribution in [0.15, 0.2) is 60.1 Å². The zero-order valence-electron chi connectivity index (χ0n) is 12.9. The van der Waals surface area contributed by atoms with Gasteiger partial charge < -0.3 is 10.6 Å². The Hall–Kier alpha value is -2.99. The molecule has 0 aliphatic carbocycles. The number of carbonyl (C=O) groups excluding carboxylic acids is 2. The number of amides is 2. The molecule has 0 saturated carbocycles. The normalized spacial score (nSPS) is 10.2. The van der Waals surface area contributed by atoms with Gasteiger partial charge >= 0.3 is 0 Å². The minimum absolute atomic E-state index is 0.176. The SMILES string of the molecule is CC(=O)Nc1cccc(C(=O)Nc2ccc(-c3nccs3)cc2)c1. The van der Waals surface area contributed by atoms with Crippen LogP contribution in [-0.2, 0) is 4.79 Å². The number of aromatic nitrogens is 1. The van der Waals surface area contributed by atoms with Gasteiger partial charge in [-0.05, 0) is 42.5 Å². The van der Waals surface area contributed by atoms with Crippen LogP contribution in [0.5, 0.6) is 0 Å². The van der Waals surface area contributed by atoms with Gasteiger partial charge in [0.15, 0.2) is 0 Å². The van der Waals surface area contributed by atoms with Gasteiger partial charge in [-0.1, -0.05) is 6.07 Å². The molecule has 0 aliphatic rings. The number of nitrogens with zero attached hydrogens (tertiary/aromatic N) is 1. The molecule has 3 aromatic rings. The van der Waals surface area contributed by atoms with Crippen LogP contribution in [0, 0.1) is 0 Å². The number of hydrogen-bond acceptors (Lipinski definition) is 4. The molecular weight excluding hydrogens is 322 g/mol. The lowest BCUT2D eigenvalue weighted by Crippen LogP contribution is -2.13. The van der Waals surface area contributed by atoms with Gasteiger partial charge in [0, 0.05) is 41.0 Å². The third-order valence-electron chi connectivity index (χ3n) is 3.27. The Labute approximate surface area is 143 Å². The van der Waals surface area contributed by atoms with Crippen molar-refractivity contribution in [3.63, 3.8) is 0 Å². The molecule has 2 aromatic carbocycles. The summed E-state index contributed by atoms with van der Waals surface area (Å²) in [5.74, 6) is -0.408. The summed E-state index contributed by atoms with van der Waals surface area (Å²) in [6.07, 6.45) is 1.76. The van der Waals surface area contributed by atoms with E-state index in [1.54, 1.807) is 41.8 Å². The molecule has 0 aliphatic heterocycles. The fourth-order valence-corrected chi connectivity index (χ4v) is 2.85. The highest BCUT2D eigenvalue weighted by molar-refractivity contribution is 7.13. The summed E-state index contributed by atoms with van der Waals surface area (Å²) in [4.78, 5) is 27.7. The van der Waals surface area contributed by atoms with Gasteiger partial charge in [-0.3, -0.25) is 9.59 Å². The van der Waals surface area contributed by atoms with Crippen molar-refractivity contribution in [1.29, 1.82) is 0 Å². The van der Waals surface area contributed by atoms with E-state index in [4.69, 9.17) is 0 Å². The Balaban J connectivity index is 1.71. The minimum atomic E-state index is -0.232. The second-order valence-electron chi connectivity index (χ2n) is 5.13. The second-order valence-corrected chi connectivity index (χ2v) is 6.03. The van der Waals surface area contributed by atoms with Crippen LogP contribution in [0.3, 0.4) is 0 Å². The summed E-state index contributed by atoms with van der Waals surface area (Å²) >= 11 is 1.57. The standard InChI is InChI=1S/C18H15N3O2S/c1-12(22)20-16-4-2-3-14(11-16)17(23)21-15-7-5-13(6-8-15)18-19-9-10-24-18/h2-11H,1H3,(H,20,22)(H,21,23). The molecule has 24 heavy (non-hydrogen) atoms. The van der Waals surface area contributed by atoms with Crippen LogP contribution < -0.4 is 10.6 Å². The maximum Gasteiger partial charge on any atom is 0.255 e. The zero-order valence-corrected chi connectivity index (χ0v) is 13.8. The smallest absolute Gasteiger partial charge is 0.255 e. The van der Waals surface area contributed by atoms with E-state index >= 15 is 0 Å². The molecule has 1 heterocycles. The van der Waals surface area contributed by atoms with Gasteiger partial charge in [0.1, 0.15) is 5.01 Å². The van der Waals surface area contributed by atoms with Crippen molar-refractivity contribution in [3.8, 4) is 10.6 Å². The summed E-state index contributed by atoms with van der Waals surface area (Å²) in [6, 6.07) is 14.3. The molecule has 1 aromatic heterocycles. The molecule has 0 unspecified atom stereocenters. The van der Waals surface area contributed by atoms with Crippen molar-refractivity contribution >= 4 is 34.5 Å². The third kappa shape index (κ3) is 3.85. The van der Waals surface area contributed by atoms with Gasteiger partial charge in [0.25, 0.3) is 5.91 Å². The van der Waals surface area contributed by atoms with Gasteiger partial charge in [-0.2, -0.15) is 0 Å². The number of benzene rings is 2. The molecule has 2 N–H and O–H groups in total. The van der Waals surface area contributed by atoms with E-state index in [-0.39, 0.29) is 11.8 Å². The first-order valence-electron chi connectivity index (χ1n) is 7.31. The summed E-state index contributed by atoms with van der Waals surface area (Å²) in [6.45, 7) is 1.43. The Morgan fingerprint density at radius 2 is 1.79 bits per heavy atom. The molecule has 0 atom stereocenters. The Morgan fingerprint density at radius 1 is 1.00 bits per heavy atom. The molecule has 0 spiro atoms. The predicted molar refractivity (Wildman–Crippen MR) is 96.2 cm³/mol. The molecule has 0 bridgehead atoms. The first-order valence-corrected chi connectivity index (χ1v) is 8.19. The van der Waals surface area contributed by atoms with Gasteiger partial charge in [-0.15, -0.1) is 11.3 Å². The van der Waals surface area contributed by atoms with E-state index < -0.39 is 0 Å². The molecule has 0 radical (unpaired) electrons. The van der Waals surface area contributed by atoms with Crippen LogP contribution in [0.25, 0.3) is 10.6 Å². The van der Waals surface area contributed by atoms with Crippen LogP contribution >= 0.6 is 11.3 Å². The number of thiazole rings is 1. The van der Waals surface area contributed by atoms with Gasteiger partial charge in [-0.25, -0.2) is 4.98 Å². The highest BCUT2D eigenvalue weighted by Crippen LogP contribution is 2.23. The zero-order chi connectivity index (χ0) is 16.9. The quantitative estimate of drug-likeness (QED) is 0.755. The number of hydrogen-bond donors (Lipinski definition) is 2. The number of anilines is 2. The first kappa shape index (κ1) is 15.9. The molecule has 2 amide bonds. The molecule has 3 rings (SSSR count). The monoisotopic (exact) mass is 337 g/mol. The first-order chi connectivity index (χ1) is 11.6. The highest BCUT2D eigenvalue weighted by atomic mass is 32.1. The summed E-state index contributed by atoms with van der Waals surface area (Å²) in [5, 5.41) is 8.37. The number of carbonyl (C=O) groups is 2. The fraction of sp³-hybridized carbons (Fsp3) is 0.0556. The lowest BCUT2D eigenvalue weighted by Gasteiger charge is -2.08. The van der Waals surface area contributed by atoms with Crippen molar-refractivity contribution < 1.29 is 9.59 Å². The van der Waals surface area contributed by atoms with E-state index in [0.717, 1.165) is 10.6 Å². The molecule has 120 valence electrons.